The van der Waals surface area contributed by atoms with Crippen molar-refractivity contribution >= 4 is 40.2 Å². The number of fused-ring (bicyclic) bond motifs is 2. The number of hydrogen-bond donors (Lipinski definition) is 1. The summed E-state index contributed by atoms with van der Waals surface area (Å²) in [5.74, 6) is -3.77. The molecule has 0 bridgehead atoms. The Kier molecular flexibility index (Phi) is 4.25. The molecule has 2 aliphatic heterocycles. The summed E-state index contributed by atoms with van der Waals surface area (Å²) in [4.78, 5) is 27.6. The van der Waals surface area contributed by atoms with Crippen LogP contribution in [0.25, 0.3) is 0 Å². The Hall–Kier alpha value is -2.32. The average molecular weight is 418 g/mol. The smallest absolute Gasteiger partial charge is 0.249 e. The molecule has 0 unspecified atom stereocenters. The molecule has 0 atom stereocenters. The molecule has 1 saturated heterocycles. The fourth-order valence-corrected chi connectivity index (χ4v) is 5.19. The summed E-state index contributed by atoms with van der Waals surface area (Å²) < 4.78 is 31.7. The van der Waals surface area contributed by atoms with Crippen LogP contribution < -0.4 is 10.2 Å². The Bertz CT molecular complexity index is 962. The van der Waals surface area contributed by atoms with Gasteiger partial charge in [-0.05, 0) is 48.1 Å². The van der Waals surface area contributed by atoms with E-state index >= 15 is 0 Å². The summed E-state index contributed by atoms with van der Waals surface area (Å²) in [6.45, 7) is 0.993. The van der Waals surface area contributed by atoms with Gasteiger partial charge in [0, 0.05) is 43.0 Å². The normalized spacial score (nSPS) is 22.4. The SMILES string of the molecule is O=C(Nc1ccc2c(c1)C1(CCOCC1)C(=O)N2c1ccsc1)C1CC(F)(F)C1. The monoisotopic (exact) mass is 418 g/mol. The molecule has 29 heavy (non-hydrogen) atoms. The number of anilines is 3. The standard InChI is InChI=1S/C21H20F2N2O3S/c22-21(23)10-13(11-21)18(26)24-14-1-2-17-16(9-14)20(4-6-28-7-5-20)19(27)25(17)15-3-8-29-12-15/h1-3,8-9,12-13H,4-7,10-11H2,(H,24,26). The summed E-state index contributed by atoms with van der Waals surface area (Å²) in [6.07, 6.45) is 0.336. The second-order valence-electron chi connectivity index (χ2n) is 8.00. The fourth-order valence-electron chi connectivity index (χ4n) is 4.57. The lowest BCUT2D eigenvalue weighted by Gasteiger charge is -2.34. The van der Waals surface area contributed by atoms with Gasteiger partial charge in [-0.1, -0.05) is 0 Å². The van der Waals surface area contributed by atoms with Crippen LogP contribution in [0.3, 0.4) is 0 Å². The highest BCUT2D eigenvalue weighted by Crippen LogP contribution is 2.51. The molecule has 2 aromatic rings. The van der Waals surface area contributed by atoms with Crippen molar-refractivity contribution in [3.63, 3.8) is 0 Å². The third kappa shape index (κ3) is 2.97. The Morgan fingerprint density at radius 3 is 2.62 bits per heavy atom. The zero-order valence-electron chi connectivity index (χ0n) is 15.6. The van der Waals surface area contributed by atoms with Crippen LogP contribution in [0, 0.1) is 5.92 Å². The Morgan fingerprint density at radius 1 is 1.21 bits per heavy atom. The molecule has 1 aliphatic carbocycles. The number of ether oxygens (including phenoxy) is 1. The van der Waals surface area contributed by atoms with Crippen molar-refractivity contribution in [3.05, 3.63) is 40.6 Å². The van der Waals surface area contributed by atoms with Crippen LogP contribution in [-0.4, -0.2) is 31.0 Å². The number of benzene rings is 1. The van der Waals surface area contributed by atoms with Gasteiger partial charge in [-0.3, -0.25) is 14.5 Å². The predicted octanol–water partition coefficient (Wildman–Crippen LogP) is 4.46. The first-order valence-electron chi connectivity index (χ1n) is 9.67. The molecule has 3 aliphatic rings. The maximum Gasteiger partial charge on any atom is 0.249 e. The van der Waals surface area contributed by atoms with Crippen molar-refractivity contribution in [1.29, 1.82) is 0 Å². The summed E-state index contributed by atoms with van der Waals surface area (Å²) >= 11 is 1.52. The number of amides is 2. The van der Waals surface area contributed by atoms with E-state index in [4.69, 9.17) is 4.74 Å². The minimum Gasteiger partial charge on any atom is -0.381 e. The van der Waals surface area contributed by atoms with E-state index in [0.717, 1.165) is 16.9 Å². The van der Waals surface area contributed by atoms with Crippen molar-refractivity contribution < 1.29 is 23.1 Å². The van der Waals surface area contributed by atoms with Crippen LogP contribution in [0.4, 0.5) is 25.8 Å². The molecule has 1 aromatic heterocycles. The lowest BCUT2D eigenvalue weighted by molar-refractivity contribution is -0.145. The van der Waals surface area contributed by atoms with Crippen LogP contribution in [0.2, 0.25) is 0 Å². The Labute approximate surface area is 170 Å². The lowest BCUT2D eigenvalue weighted by Crippen LogP contribution is -2.43. The summed E-state index contributed by atoms with van der Waals surface area (Å²) in [6, 6.07) is 7.31. The zero-order valence-corrected chi connectivity index (χ0v) is 16.4. The van der Waals surface area contributed by atoms with Gasteiger partial charge < -0.3 is 10.1 Å². The van der Waals surface area contributed by atoms with Gasteiger partial charge >= 0.3 is 0 Å². The van der Waals surface area contributed by atoms with E-state index < -0.39 is 36.0 Å². The van der Waals surface area contributed by atoms with Crippen LogP contribution in [-0.2, 0) is 19.7 Å². The maximum absolute atomic E-state index is 13.5. The quantitative estimate of drug-likeness (QED) is 0.801. The molecule has 3 heterocycles. The van der Waals surface area contributed by atoms with Crippen molar-refractivity contribution in [1.82, 2.24) is 0 Å². The zero-order chi connectivity index (χ0) is 20.2. The maximum atomic E-state index is 13.5. The molecule has 1 saturated carbocycles. The first kappa shape index (κ1) is 18.7. The van der Waals surface area contributed by atoms with E-state index in [9.17, 15) is 18.4 Å². The first-order valence-corrected chi connectivity index (χ1v) is 10.6. The fraction of sp³-hybridized carbons (Fsp3) is 0.429. The number of rotatable bonds is 3. The van der Waals surface area contributed by atoms with Crippen molar-refractivity contribution in [3.8, 4) is 0 Å². The molecule has 5 nitrogen and oxygen atoms in total. The van der Waals surface area contributed by atoms with E-state index in [0.29, 0.717) is 31.7 Å². The van der Waals surface area contributed by atoms with Crippen molar-refractivity contribution in [2.24, 2.45) is 5.92 Å². The number of nitrogens with zero attached hydrogens (tertiary/aromatic N) is 1. The third-order valence-electron chi connectivity index (χ3n) is 6.20. The number of nitrogens with one attached hydrogen (secondary N) is 1. The van der Waals surface area contributed by atoms with Crippen molar-refractivity contribution in [2.75, 3.05) is 23.4 Å². The largest absolute Gasteiger partial charge is 0.381 e. The highest BCUT2D eigenvalue weighted by atomic mass is 32.1. The molecule has 2 amide bonds. The van der Waals surface area contributed by atoms with Gasteiger partial charge in [0.1, 0.15) is 0 Å². The number of thiophene rings is 1. The molecule has 5 rings (SSSR count). The number of hydrogen-bond acceptors (Lipinski definition) is 4. The predicted molar refractivity (Wildman–Crippen MR) is 106 cm³/mol. The van der Waals surface area contributed by atoms with E-state index in [1.807, 2.05) is 29.0 Å². The topological polar surface area (TPSA) is 58.6 Å². The van der Waals surface area contributed by atoms with Gasteiger partial charge in [0.15, 0.2) is 0 Å². The minimum absolute atomic E-state index is 0.0244. The van der Waals surface area contributed by atoms with Gasteiger partial charge in [0.05, 0.1) is 16.8 Å². The Morgan fingerprint density at radius 2 is 1.97 bits per heavy atom. The summed E-state index contributed by atoms with van der Waals surface area (Å²) in [5, 5.41) is 6.63. The Balaban J connectivity index is 1.49. The molecule has 1 aromatic carbocycles. The van der Waals surface area contributed by atoms with E-state index in [2.05, 4.69) is 5.32 Å². The number of carbonyl (C=O) groups is 2. The summed E-state index contributed by atoms with van der Waals surface area (Å²) in [5.41, 5.74) is 2.37. The van der Waals surface area contributed by atoms with E-state index in [-0.39, 0.29) is 5.91 Å². The molecule has 8 heteroatoms. The molecule has 152 valence electrons. The van der Waals surface area contributed by atoms with Gasteiger partial charge in [-0.15, -0.1) is 0 Å². The molecular formula is C21H20F2N2O3S. The molecular weight excluding hydrogens is 398 g/mol. The highest BCUT2D eigenvalue weighted by Gasteiger charge is 2.52. The van der Waals surface area contributed by atoms with Gasteiger partial charge in [0.25, 0.3) is 0 Å². The molecule has 1 spiro atoms. The van der Waals surface area contributed by atoms with Crippen LogP contribution in [0.5, 0.6) is 0 Å². The third-order valence-corrected chi connectivity index (χ3v) is 6.88. The molecule has 2 fully saturated rings. The number of halogens is 2. The first-order chi connectivity index (χ1) is 13.9. The highest BCUT2D eigenvalue weighted by molar-refractivity contribution is 7.08. The van der Waals surface area contributed by atoms with Crippen LogP contribution >= 0.6 is 11.3 Å². The second kappa shape index (κ2) is 6.60. The van der Waals surface area contributed by atoms with Gasteiger partial charge in [0.2, 0.25) is 17.7 Å². The average Bonchev–Trinajstić information content (AvgIpc) is 3.28. The summed E-state index contributed by atoms with van der Waals surface area (Å²) in [7, 11) is 0. The molecule has 0 radical (unpaired) electrons. The van der Waals surface area contributed by atoms with Crippen LogP contribution in [0.1, 0.15) is 31.2 Å². The minimum atomic E-state index is -2.74. The molecule has 1 N–H and O–H groups in total. The lowest BCUT2D eigenvalue weighted by atomic mass is 9.75. The van der Waals surface area contributed by atoms with Crippen LogP contribution in [0.15, 0.2) is 35.0 Å². The number of carbonyl (C=O) groups excluding carboxylic acids is 2. The second-order valence-corrected chi connectivity index (χ2v) is 8.78. The van der Waals surface area contributed by atoms with Gasteiger partial charge in [-0.2, -0.15) is 11.3 Å². The van der Waals surface area contributed by atoms with Crippen molar-refractivity contribution in [2.45, 2.75) is 37.0 Å². The van der Waals surface area contributed by atoms with Gasteiger partial charge in [-0.25, -0.2) is 8.78 Å². The van der Waals surface area contributed by atoms with E-state index in [1.54, 1.807) is 11.0 Å². The van der Waals surface area contributed by atoms with E-state index in [1.165, 1.54) is 11.3 Å². The number of alkyl halides is 2.